The van der Waals surface area contributed by atoms with Crippen molar-refractivity contribution >= 4 is 11.6 Å². The summed E-state index contributed by atoms with van der Waals surface area (Å²) < 4.78 is 6.82. The second-order valence-electron chi connectivity index (χ2n) is 7.91. The maximum Gasteiger partial charge on any atom is 0.288 e. The van der Waals surface area contributed by atoms with Crippen molar-refractivity contribution in [3.05, 3.63) is 64.4 Å². The molecule has 0 atom stereocenters. The Morgan fingerprint density at radius 1 is 1.16 bits per heavy atom. The van der Waals surface area contributed by atoms with Crippen LogP contribution < -0.4 is 10.9 Å². The van der Waals surface area contributed by atoms with Crippen molar-refractivity contribution in [3.8, 4) is 22.7 Å². The molecular formula is C23H23N5O3. The molecule has 8 heteroatoms. The molecule has 0 radical (unpaired) electrons. The molecule has 8 nitrogen and oxygen atoms in total. The van der Waals surface area contributed by atoms with Crippen LogP contribution in [-0.4, -0.2) is 32.5 Å². The molecule has 1 amide bonds. The van der Waals surface area contributed by atoms with E-state index in [0.29, 0.717) is 22.8 Å². The highest BCUT2D eigenvalue weighted by Gasteiger charge is 2.19. The fourth-order valence-corrected chi connectivity index (χ4v) is 4.29. The number of carbonyl (C=O) groups is 1. The summed E-state index contributed by atoms with van der Waals surface area (Å²) in [5.41, 5.74) is 3.68. The number of hydrogen-bond donors (Lipinski definition) is 2. The Labute approximate surface area is 178 Å². The molecule has 1 fully saturated rings. The van der Waals surface area contributed by atoms with Crippen molar-refractivity contribution in [3.63, 3.8) is 0 Å². The number of aromatic amines is 1. The van der Waals surface area contributed by atoms with Crippen molar-refractivity contribution in [1.29, 1.82) is 0 Å². The Morgan fingerprint density at radius 3 is 2.68 bits per heavy atom. The maximum atomic E-state index is 12.7. The molecule has 1 aliphatic carbocycles. The summed E-state index contributed by atoms with van der Waals surface area (Å²) in [6.45, 7) is 0. The lowest BCUT2D eigenvalue weighted by atomic mass is 9.84. The lowest BCUT2D eigenvalue weighted by Crippen LogP contribution is -2.16. The molecule has 0 unspecified atom stereocenters. The van der Waals surface area contributed by atoms with Crippen LogP contribution in [0.15, 0.2) is 51.9 Å². The third-order valence-electron chi connectivity index (χ3n) is 5.98. The molecule has 158 valence electrons. The monoisotopic (exact) mass is 417 g/mol. The molecule has 4 aromatic rings. The lowest BCUT2D eigenvalue weighted by molar-refractivity contribution is 0.0936. The van der Waals surface area contributed by atoms with Crippen molar-refractivity contribution in [2.45, 2.75) is 38.0 Å². The number of benzene rings is 1. The zero-order valence-corrected chi connectivity index (χ0v) is 17.2. The van der Waals surface area contributed by atoms with E-state index in [-0.39, 0.29) is 23.1 Å². The highest BCUT2D eigenvalue weighted by molar-refractivity contribution is 5.91. The van der Waals surface area contributed by atoms with Gasteiger partial charge in [0.2, 0.25) is 11.7 Å². The van der Waals surface area contributed by atoms with E-state index < -0.39 is 0 Å². The number of carbonyl (C=O) groups excluding carboxylic acids is 1. The van der Waals surface area contributed by atoms with E-state index in [1.807, 2.05) is 0 Å². The summed E-state index contributed by atoms with van der Waals surface area (Å²) in [4.78, 5) is 31.9. The number of fused-ring (bicyclic) bond motifs is 1. The second-order valence-corrected chi connectivity index (χ2v) is 7.91. The second kappa shape index (κ2) is 7.86. The van der Waals surface area contributed by atoms with E-state index in [0.717, 1.165) is 5.56 Å². The van der Waals surface area contributed by atoms with Gasteiger partial charge in [-0.3, -0.25) is 9.59 Å². The van der Waals surface area contributed by atoms with E-state index in [1.165, 1.54) is 67.7 Å². The van der Waals surface area contributed by atoms with Gasteiger partial charge < -0.3 is 14.7 Å². The summed E-state index contributed by atoms with van der Waals surface area (Å²) in [6, 6.07) is 9.96. The first kappa shape index (κ1) is 19.3. The Bertz CT molecular complexity index is 1290. The van der Waals surface area contributed by atoms with Gasteiger partial charge in [0.05, 0.1) is 18.1 Å². The van der Waals surface area contributed by atoms with Gasteiger partial charge in [0, 0.05) is 13.1 Å². The number of nitrogens with one attached hydrogen (secondary N) is 2. The standard InChI is InChI=1S/C23H23N5O3/c1-24-22(30)19-13-25-23(31-19)17-12-26-28-20(29)11-18(27-21(17)28)16-9-7-15(8-10-16)14-5-3-2-4-6-14/h7-14,27H,2-6H2,1H3,(H,24,30). The van der Waals surface area contributed by atoms with Crippen LogP contribution in [0, 0.1) is 0 Å². The topological polar surface area (TPSA) is 105 Å². The van der Waals surface area contributed by atoms with Crippen LogP contribution in [0.25, 0.3) is 28.4 Å². The van der Waals surface area contributed by atoms with Crippen molar-refractivity contribution in [2.75, 3.05) is 7.05 Å². The Hall–Kier alpha value is -3.68. The predicted octanol–water partition coefficient (Wildman–Crippen LogP) is 3.75. The third kappa shape index (κ3) is 3.54. The van der Waals surface area contributed by atoms with Crippen LogP contribution >= 0.6 is 0 Å². The molecule has 0 saturated heterocycles. The fraction of sp³-hybridized carbons (Fsp3) is 0.304. The van der Waals surface area contributed by atoms with E-state index in [4.69, 9.17) is 4.42 Å². The Kier molecular flexibility index (Phi) is 4.89. The summed E-state index contributed by atoms with van der Waals surface area (Å²) in [5, 5.41) is 6.64. The van der Waals surface area contributed by atoms with Gasteiger partial charge in [0.1, 0.15) is 5.56 Å². The summed E-state index contributed by atoms with van der Waals surface area (Å²) in [5.74, 6) is 0.565. The molecule has 0 bridgehead atoms. The number of nitrogens with zero attached hydrogens (tertiary/aromatic N) is 3. The Balaban J connectivity index is 1.52. The van der Waals surface area contributed by atoms with Crippen molar-refractivity contribution in [1.82, 2.24) is 24.9 Å². The van der Waals surface area contributed by atoms with Crippen molar-refractivity contribution < 1.29 is 9.21 Å². The molecule has 2 N–H and O–H groups in total. The summed E-state index contributed by atoms with van der Waals surface area (Å²) in [6.07, 6.45) is 9.27. The molecule has 1 saturated carbocycles. The fourth-order valence-electron chi connectivity index (χ4n) is 4.29. The number of amides is 1. The highest BCUT2D eigenvalue weighted by Crippen LogP contribution is 2.33. The summed E-state index contributed by atoms with van der Waals surface area (Å²) in [7, 11) is 1.52. The average molecular weight is 417 g/mol. The maximum absolute atomic E-state index is 12.7. The highest BCUT2D eigenvalue weighted by atomic mass is 16.4. The van der Waals surface area contributed by atoms with Crippen LogP contribution in [0.4, 0.5) is 0 Å². The Morgan fingerprint density at radius 2 is 1.94 bits per heavy atom. The lowest BCUT2D eigenvalue weighted by Gasteiger charge is -2.22. The van der Waals surface area contributed by atoms with Gasteiger partial charge >= 0.3 is 0 Å². The van der Waals surface area contributed by atoms with Crippen LogP contribution in [0.5, 0.6) is 0 Å². The number of oxazole rings is 1. The average Bonchev–Trinajstić information content (AvgIpc) is 3.47. The molecule has 0 aliphatic heterocycles. The molecule has 1 aliphatic rings. The number of aromatic nitrogens is 4. The molecule has 5 rings (SSSR count). The minimum absolute atomic E-state index is 0.0913. The molecule has 0 spiro atoms. The minimum atomic E-state index is -0.373. The largest absolute Gasteiger partial charge is 0.431 e. The van der Waals surface area contributed by atoms with Crippen LogP contribution in [0.2, 0.25) is 0 Å². The van der Waals surface area contributed by atoms with Gasteiger partial charge in [-0.25, -0.2) is 4.98 Å². The summed E-state index contributed by atoms with van der Waals surface area (Å²) >= 11 is 0. The first-order chi connectivity index (χ1) is 15.1. The third-order valence-corrected chi connectivity index (χ3v) is 5.98. The van der Waals surface area contributed by atoms with Gasteiger partial charge in [0.25, 0.3) is 11.5 Å². The zero-order valence-electron chi connectivity index (χ0n) is 17.2. The first-order valence-electron chi connectivity index (χ1n) is 10.5. The quantitative estimate of drug-likeness (QED) is 0.526. The van der Waals surface area contributed by atoms with Gasteiger partial charge in [-0.05, 0) is 29.9 Å². The van der Waals surface area contributed by atoms with Gasteiger partial charge in [-0.1, -0.05) is 43.5 Å². The predicted molar refractivity (Wildman–Crippen MR) is 116 cm³/mol. The van der Waals surface area contributed by atoms with Crippen LogP contribution in [0.3, 0.4) is 0 Å². The zero-order chi connectivity index (χ0) is 21.4. The van der Waals surface area contributed by atoms with E-state index >= 15 is 0 Å². The van der Waals surface area contributed by atoms with E-state index in [9.17, 15) is 9.59 Å². The van der Waals surface area contributed by atoms with E-state index in [2.05, 4.69) is 44.6 Å². The van der Waals surface area contributed by atoms with Gasteiger partial charge in [-0.15, -0.1) is 0 Å². The molecule has 31 heavy (non-hydrogen) atoms. The number of H-pyrrole nitrogens is 1. The van der Waals surface area contributed by atoms with Crippen LogP contribution in [0.1, 0.15) is 54.1 Å². The molecule has 3 aromatic heterocycles. The normalized spacial score (nSPS) is 14.7. The smallest absolute Gasteiger partial charge is 0.288 e. The van der Waals surface area contributed by atoms with Gasteiger partial charge in [0.15, 0.2) is 5.65 Å². The SMILES string of the molecule is CNC(=O)c1cnc(-c2cnn3c(=O)cc(-c4ccc(C5CCCCC5)cc4)[nH]c23)o1. The number of rotatable bonds is 4. The molecular weight excluding hydrogens is 394 g/mol. The van der Waals surface area contributed by atoms with Gasteiger partial charge in [-0.2, -0.15) is 9.61 Å². The van der Waals surface area contributed by atoms with Crippen molar-refractivity contribution in [2.24, 2.45) is 0 Å². The molecule has 3 heterocycles. The van der Waals surface area contributed by atoms with E-state index in [1.54, 1.807) is 0 Å². The van der Waals surface area contributed by atoms with Crippen LogP contribution in [-0.2, 0) is 0 Å². The first-order valence-corrected chi connectivity index (χ1v) is 10.5. The minimum Gasteiger partial charge on any atom is -0.431 e. The molecule has 1 aromatic carbocycles. The number of hydrogen-bond acceptors (Lipinski definition) is 5.